The number of nitrogens with two attached hydrogens (primary N) is 1. The largest absolute Gasteiger partial charge is 0.396 e. The van der Waals surface area contributed by atoms with Gasteiger partial charge in [-0.2, -0.15) is 0 Å². The van der Waals surface area contributed by atoms with Gasteiger partial charge < -0.3 is 11.1 Å². The summed E-state index contributed by atoms with van der Waals surface area (Å²) in [4.78, 5) is 10.4. The number of aldehydes is 1. The Kier molecular flexibility index (Phi) is 2.28. The first-order chi connectivity index (χ1) is 5.69. The average Bonchev–Trinajstić information content (AvgIpc) is 2.08. The number of rotatable bonds is 2. The van der Waals surface area contributed by atoms with Crippen LogP contribution >= 0.6 is 0 Å². The lowest BCUT2D eigenvalue weighted by molar-refractivity contribution is 0.112. The summed E-state index contributed by atoms with van der Waals surface area (Å²) in [6, 6.07) is 2.34. The molecule has 0 atom stereocenters. The lowest BCUT2D eigenvalue weighted by Gasteiger charge is -2.06. The number of benzene rings is 1. The number of carbonyl (C=O) groups is 1. The molecule has 0 radical (unpaired) electrons. The van der Waals surface area contributed by atoms with Crippen LogP contribution in [0.25, 0.3) is 0 Å². The van der Waals surface area contributed by atoms with E-state index in [-0.39, 0.29) is 11.3 Å². The normalized spacial score (nSPS) is 9.50. The molecular formula is C8H9FN2O. The summed E-state index contributed by atoms with van der Waals surface area (Å²) in [7, 11) is 1.61. The molecule has 1 aromatic rings. The predicted molar refractivity (Wildman–Crippen MR) is 45.7 cm³/mol. The van der Waals surface area contributed by atoms with E-state index < -0.39 is 5.82 Å². The van der Waals surface area contributed by atoms with Crippen LogP contribution in [0.3, 0.4) is 0 Å². The van der Waals surface area contributed by atoms with Gasteiger partial charge in [-0.1, -0.05) is 0 Å². The van der Waals surface area contributed by atoms with E-state index in [0.717, 1.165) is 6.07 Å². The van der Waals surface area contributed by atoms with Crippen molar-refractivity contribution < 1.29 is 9.18 Å². The van der Waals surface area contributed by atoms with Crippen LogP contribution in [-0.4, -0.2) is 13.3 Å². The van der Waals surface area contributed by atoms with E-state index >= 15 is 0 Å². The van der Waals surface area contributed by atoms with Crippen molar-refractivity contribution in [2.45, 2.75) is 0 Å². The Balaban J connectivity index is 3.31. The van der Waals surface area contributed by atoms with Crippen molar-refractivity contribution in [3.63, 3.8) is 0 Å². The second-order valence-corrected chi connectivity index (χ2v) is 2.32. The molecule has 4 heteroatoms. The SMILES string of the molecule is CNc1cc(F)cc(C=O)c1N. The molecule has 1 aromatic carbocycles. The van der Waals surface area contributed by atoms with Gasteiger partial charge in [-0.25, -0.2) is 4.39 Å². The Morgan fingerprint density at radius 3 is 2.75 bits per heavy atom. The van der Waals surface area contributed by atoms with Crippen molar-refractivity contribution in [2.24, 2.45) is 0 Å². The molecule has 0 saturated carbocycles. The third-order valence-corrected chi connectivity index (χ3v) is 1.57. The Morgan fingerprint density at radius 2 is 2.25 bits per heavy atom. The van der Waals surface area contributed by atoms with E-state index in [0.29, 0.717) is 12.0 Å². The first-order valence-corrected chi connectivity index (χ1v) is 3.41. The van der Waals surface area contributed by atoms with Gasteiger partial charge in [0.2, 0.25) is 0 Å². The molecule has 0 aliphatic heterocycles. The minimum absolute atomic E-state index is 0.166. The summed E-state index contributed by atoms with van der Waals surface area (Å²) >= 11 is 0. The molecular weight excluding hydrogens is 159 g/mol. The Hall–Kier alpha value is -1.58. The van der Waals surface area contributed by atoms with Gasteiger partial charge in [-0.05, 0) is 12.1 Å². The van der Waals surface area contributed by atoms with E-state index in [2.05, 4.69) is 5.32 Å². The summed E-state index contributed by atoms with van der Waals surface area (Å²) in [5.74, 6) is -0.476. The highest BCUT2D eigenvalue weighted by Crippen LogP contribution is 2.22. The summed E-state index contributed by atoms with van der Waals surface area (Å²) in [5, 5.41) is 2.69. The molecule has 3 N–H and O–H groups in total. The van der Waals surface area contributed by atoms with Gasteiger partial charge in [0, 0.05) is 12.6 Å². The van der Waals surface area contributed by atoms with Crippen molar-refractivity contribution in [1.29, 1.82) is 0 Å². The summed E-state index contributed by atoms with van der Waals surface area (Å²) < 4.78 is 12.7. The molecule has 0 aliphatic rings. The smallest absolute Gasteiger partial charge is 0.152 e. The van der Waals surface area contributed by atoms with E-state index in [4.69, 9.17) is 5.73 Å². The number of carbonyl (C=O) groups excluding carboxylic acids is 1. The molecule has 1 rings (SSSR count). The predicted octanol–water partition coefficient (Wildman–Crippen LogP) is 1.26. The standard InChI is InChI=1S/C8H9FN2O/c1-11-7-3-6(9)2-5(4-12)8(7)10/h2-4,11H,10H2,1H3. The molecule has 0 aliphatic carbocycles. The number of hydrogen-bond acceptors (Lipinski definition) is 3. The zero-order chi connectivity index (χ0) is 9.14. The van der Waals surface area contributed by atoms with Crippen molar-refractivity contribution in [3.05, 3.63) is 23.5 Å². The van der Waals surface area contributed by atoms with Crippen molar-refractivity contribution in [1.82, 2.24) is 0 Å². The lowest BCUT2D eigenvalue weighted by Crippen LogP contribution is -2.00. The Labute approximate surface area is 69.4 Å². The highest BCUT2D eigenvalue weighted by atomic mass is 19.1. The molecule has 0 heterocycles. The van der Waals surface area contributed by atoms with E-state index in [1.54, 1.807) is 7.05 Å². The molecule has 12 heavy (non-hydrogen) atoms. The quantitative estimate of drug-likeness (QED) is 0.516. The number of nitrogen functional groups attached to an aromatic ring is 1. The van der Waals surface area contributed by atoms with Gasteiger partial charge in [0.25, 0.3) is 0 Å². The van der Waals surface area contributed by atoms with Crippen LogP contribution in [0.5, 0.6) is 0 Å². The van der Waals surface area contributed by atoms with Crippen LogP contribution < -0.4 is 11.1 Å². The molecule has 0 unspecified atom stereocenters. The molecule has 3 nitrogen and oxygen atoms in total. The molecule has 64 valence electrons. The fourth-order valence-electron chi connectivity index (χ4n) is 0.943. The maximum Gasteiger partial charge on any atom is 0.152 e. The average molecular weight is 168 g/mol. The van der Waals surface area contributed by atoms with Gasteiger partial charge >= 0.3 is 0 Å². The maximum atomic E-state index is 12.7. The minimum Gasteiger partial charge on any atom is -0.396 e. The molecule has 0 bridgehead atoms. The van der Waals surface area contributed by atoms with Gasteiger partial charge in [0.15, 0.2) is 6.29 Å². The summed E-state index contributed by atoms with van der Waals surface area (Å²) in [6.45, 7) is 0. The van der Waals surface area contributed by atoms with Crippen molar-refractivity contribution in [3.8, 4) is 0 Å². The van der Waals surface area contributed by atoms with Crippen LogP contribution in [0.15, 0.2) is 12.1 Å². The zero-order valence-electron chi connectivity index (χ0n) is 6.60. The van der Waals surface area contributed by atoms with E-state index in [1.807, 2.05) is 0 Å². The number of hydrogen-bond donors (Lipinski definition) is 2. The second kappa shape index (κ2) is 3.21. The van der Waals surface area contributed by atoms with Crippen molar-refractivity contribution in [2.75, 3.05) is 18.1 Å². The van der Waals surface area contributed by atoms with Gasteiger partial charge in [-0.15, -0.1) is 0 Å². The number of anilines is 2. The first kappa shape index (κ1) is 8.52. The van der Waals surface area contributed by atoms with Gasteiger partial charge in [-0.3, -0.25) is 4.79 Å². The maximum absolute atomic E-state index is 12.7. The van der Waals surface area contributed by atoms with Crippen LogP contribution in [0, 0.1) is 5.82 Å². The fraction of sp³-hybridized carbons (Fsp3) is 0.125. The van der Waals surface area contributed by atoms with Crippen LogP contribution in [0.1, 0.15) is 10.4 Å². The third-order valence-electron chi connectivity index (χ3n) is 1.57. The van der Waals surface area contributed by atoms with Crippen LogP contribution in [0.2, 0.25) is 0 Å². The topological polar surface area (TPSA) is 55.1 Å². The lowest BCUT2D eigenvalue weighted by atomic mass is 10.1. The molecule has 0 aromatic heterocycles. The highest BCUT2D eigenvalue weighted by molar-refractivity contribution is 5.89. The first-order valence-electron chi connectivity index (χ1n) is 3.41. The number of nitrogens with one attached hydrogen (secondary N) is 1. The van der Waals surface area contributed by atoms with Crippen LogP contribution in [-0.2, 0) is 0 Å². The summed E-state index contributed by atoms with van der Waals surface area (Å²) in [5.41, 5.74) is 6.38. The highest BCUT2D eigenvalue weighted by Gasteiger charge is 2.05. The molecule has 0 amide bonds. The van der Waals surface area contributed by atoms with Crippen LogP contribution in [0.4, 0.5) is 15.8 Å². The van der Waals surface area contributed by atoms with Gasteiger partial charge in [0.05, 0.1) is 11.4 Å². The molecule has 0 saturated heterocycles. The number of halogens is 1. The Morgan fingerprint density at radius 1 is 1.58 bits per heavy atom. The Bertz CT molecular complexity index is 312. The monoisotopic (exact) mass is 168 g/mol. The zero-order valence-corrected chi connectivity index (χ0v) is 6.60. The van der Waals surface area contributed by atoms with Gasteiger partial charge in [0.1, 0.15) is 5.82 Å². The summed E-state index contributed by atoms with van der Waals surface area (Å²) in [6.07, 6.45) is 0.527. The second-order valence-electron chi connectivity index (χ2n) is 2.32. The molecule has 0 fully saturated rings. The molecule has 0 spiro atoms. The fourth-order valence-corrected chi connectivity index (χ4v) is 0.943. The minimum atomic E-state index is -0.476. The van der Waals surface area contributed by atoms with E-state index in [1.165, 1.54) is 6.07 Å². The third kappa shape index (κ3) is 1.37. The van der Waals surface area contributed by atoms with E-state index in [9.17, 15) is 9.18 Å². The van der Waals surface area contributed by atoms with Crippen molar-refractivity contribution >= 4 is 17.7 Å².